The van der Waals surface area contributed by atoms with Crippen molar-refractivity contribution < 1.29 is 14.3 Å². The molecule has 0 saturated carbocycles. The van der Waals surface area contributed by atoms with Crippen LogP contribution in [0.25, 0.3) is 0 Å². The van der Waals surface area contributed by atoms with E-state index in [0.717, 1.165) is 30.5 Å². The van der Waals surface area contributed by atoms with Gasteiger partial charge in [0.2, 0.25) is 0 Å². The van der Waals surface area contributed by atoms with Crippen molar-refractivity contribution in [3.05, 3.63) is 62.6 Å². The summed E-state index contributed by atoms with van der Waals surface area (Å²) >= 11 is 1.52. The van der Waals surface area contributed by atoms with Gasteiger partial charge in [0, 0.05) is 28.9 Å². The quantitative estimate of drug-likeness (QED) is 0.412. The number of nitrogens with zero attached hydrogens (tertiary/aromatic N) is 1. The predicted octanol–water partition coefficient (Wildman–Crippen LogP) is 4.01. The number of H-pyrrole nitrogens is 1. The highest BCUT2D eigenvalue weighted by Gasteiger charge is 2.38. The van der Waals surface area contributed by atoms with E-state index in [1.54, 1.807) is 24.3 Å². The highest BCUT2D eigenvalue weighted by Crippen LogP contribution is 2.43. The zero-order chi connectivity index (χ0) is 22.1. The number of ether oxygens (including phenoxy) is 1. The number of aromatic nitrogens is 2. The fourth-order valence-corrected chi connectivity index (χ4v) is 4.88. The van der Waals surface area contributed by atoms with Crippen LogP contribution in [-0.2, 0) is 9.53 Å². The number of carbonyl (C=O) groups is 2. The molecule has 0 bridgehead atoms. The molecule has 2 N–H and O–H groups in total. The van der Waals surface area contributed by atoms with Crippen molar-refractivity contribution in [1.82, 2.24) is 9.97 Å². The monoisotopic (exact) mass is 439 g/mol. The number of hydrogen-bond acceptors (Lipinski definition) is 7. The summed E-state index contributed by atoms with van der Waals surface area (Å²) in [6.07, 6.45) is 2.92. The molecule has 1 aliphatic carbocycles. The standard InChI is InChI=1S/C23H25N3O4S/c1-4-12(2)31-23-25-20-19(21(28)26-23)17(18-15(24-20)6-5-7-16(18)27)13-8-10-14(11-9-13)22(29)30-3/h8-12,17H,4-7H2,1-3H3,(H2,24,25,26,28)/t12-,17+/m0/s1. The number of fused-ring (bicyclic) bond motifs is 1. The van der Waals surface area contributed by atoms with Crippen molar-refractivity contribution in [3.8, 4) is 0 Å². The van der Waals surface area contributed by atoms with Gasteiger partial charge in [-0.25, -0.2) is 9.78 Å². The Morgan fingerprint density at radius 1 is 1.26 bits per heavy atom. The van der Waals surface area contributed by atoms with Crippen molar-refractivity contribution in [3.63, 3.8) is 0 Å². The van der Waals surface area contributed by atoms with Crippen LogP contribution in [0.4, 0.5) is 5.82 Å². The second-order valence-electron chi connectivity index (χ2n) is 7.81. The van der Waals surface area contributed by atoms with Crippen LogP contribution >= 0.6 is 11.8 Å². The summed E-state index contributed by atoms with van der Waals surface area (Å²) in [4.78, 5) is 45.5. The number of esters is 1. The highest BCUT2D eigenvalue weighted by molar-refractivity contribution is 7.99. The average Bonchev–Trinajstić information content (AvgIpc) is 2.77. The molecule has 8 heteroatoms. The SMILES string of the molecule is CC[C@H](C)Sc1nc2c(c(=O)[nH]1)[C@H](c1ccc(C(=O)OC)cc1)C1=C(CCCC1=O)N2. The van der Waals surface area contributed by atoms with Crippen LogP contribution in [-0.4, -0.2) is 34.1 Å². The Balaban J connectivity index is 1.84. The lowest BCUT2D eigenvalue weighted by atomic mass is 9.76. The summed E-state index contributed by atoms with van der Waals surface area (Å²) in [5.41, 5.74) is 2.83. The summed E-state index contributed by atoms with van der Waals surface area (Å²) in [7, 11) is 1.33. The summed E-state index contributed by atoms with van der Waals surface area (Å²) in [5.74, 6) is -0.411. The second-order valence-corrected chi connectivity index (χ2v) is 9.24. The van der Waals surface area contributed by atoms with E-state index in [-0.39, 0.29) is 11.3 Å². The number of anilines is 1. The van der Waals surface area contributed by atoms with E-state index in [0.29, 0.717) is 39.3 Å². The van der Waals surface area contributed by atoms with E-state index in [4.69, 9.17) is 4.74 Å². The normalized spacial score (nSPS) is 18.7. The van der Waals surface area contributed by atoms with Crippen LogP contribution in [0.5, 0.6) is 0 Å². The Morgan fingerprint density at radius 3 is 2.68 bits per heavy atom. The molecular weight excluding hydrogens is 414 g/mol. The number of Topliss-reactive ketones (excluding diaryl/α,β-unsaturated/α-hetero) is 1. The van der Waals surface area contributed by atoms with Gasteiger partial charge < -0.3 is 15.0 Å². The number of rotatable bonds is 5. The van der Waals surface area contributed by atoms with Gasteiger partial charge in [0.15, 0.2) is 10.9 Å². The van der Waals surface area contributed by atoms with Gasteiger partial charge in [-0.05, 0) is 37.0 Å². The van der Waals surface area contributed by atoms with Crippen LogP contribution < -0.4 is 10.9 Å². The number of benzene rings is 1. The van der Waals surface area contributed by atoms with Crippen molar-refractivity contribution in [1.29, 1.82) is 0 Å². The molecule has 2 atom stereocenters. The minimum absolute atomic E-state index is 0.0406. The van der Waals surface area contributed by atoms with Gasteiger partial charge >= 0.3 is 5.97 Å². The minimum Gasteiger partial charge on any atom is -0.465 e. The Hall–Kier alpha value is -2.87. The van der Waals surface area contributed by atoms with Gasteiger partial charge in [-0.2, -0.15) is 0 Å². The fraction of sp³-hybridized carbons (Fsp3) is 0.391. The fourth-order valence-electron chi connectivity index (χ4n) is 4.03. The summed E-state index contributed by atoms with van der Waals surface area (Å²) in [5, 5.41) is 4.16. The molecule has 2 aromatic rings. The lowest BCUT2D eigenvalue weighted by Crippen LogP contribution is -2.32. The molecular formula is C23H25N3O4S. The molecule has 1 aliphatic heterocycles. The van der Waals surface area contributed by atoms with Gasteiger partial charge in [0.05, 0.1) is 18.2 Å². The number of hydrogen-bond donors (Lipinski definition) is 2. The Morgan fingerprint density at radius 2 is 2.00 bits per heavy atom. The maximum Gasteiger partial charge on any atom is 0.337 e. The zero-order valence-corrected chi connectivity index (χ0v) is 18.6. The minimum atomic E-state index is -0.523. The number of methoxy groups -OCH3 is 1. The topological polar surface area (TPSA) is 101 Å². The number of nitrogens with one attached hydrogen (secondary N) is 2. The lowest BCUT2D eigenvalue weighted by Gasteiger charge is -2.32. The molecule has 0 saturated heterocycles. The summed E-state index contributed by atoms with van der Waals surface area (Å²) in [6, 6.07) is 6.87. The van der Waals surface area contributed by atoms with Crippen LogP contribution in [0.1, 0.15) is 66.9 Å². The third-order valence-corrected chi connectivity index (χ3v) is 6.94. The first kappa shape index (κ1) is 21.4. The largest absolute Gasteiger partial charge is 0.465 e. The molecule has 7 nitrogen and oxygen atoms in total. The van der Waals surface area contributed by atoms with Gasteiger partial charge in [-0.1, -0.05) is 37.7 Å². The smallest absolute Gasteiger partial charge is 0.337 e. The number of aromatic amines is 1. The van der Waals surface area contributed by atoms with Crippen LogP contribution in [0.2, 0.25) is 0 Å². The molecule has 4 rings (SSSR count). The van der Waals surface area contributed by atoms with Gasteiger partial charge in [-0.15, -0.1) is 0 Å². The molecule has 0 unspecified atom stereocenters. The van der Waals surface area contributed by atoms with E-state index in [9.17, 15) is 14.4 Å². The molecule has 2 aliphatic rings. The van der Waals surface area contributed by atoms with Gasteiger partial charge in [0.1, 0.15) is 5.82 Å². The first-order valence-corrected chi connectivity index (χ1v) is 11.3. The van der Waals surface area contributed by atoms with Crippen molar-refractivity contribution in [2.75, 3.05) is 12.4 Å². The van der Waals surface area contributed by atoms with Crippen LogP contribution in [0, 0.1) is 0 Å². The van der Waals surface area contributed by atoms with Gasteiger partial charge in [-0.3, -0.25) is 9.59 Å². The second kappa shape index (κ2) is 8.70. The van der Waals surface area contributed by atoms with E-state index in [1.807, 2.05) is 0 Å². The number of thioether (sulfide) groups is 1. The molecule has 0 amide bonds. The average molecular weight is 440 g/mol. The van der Waals surface area contributed by atoms with E-state index >= 15 is 0 Å². The Bertz CT molecular complexity index is 1120. The molecule has 1 aromatic carbocycles. The molecule has 2 heterocycles. The number of carbonyl (C=O) groups excluding carboxylic acids is 2. The van der Waals surface area contributed by atoms with Crippen molar-refractivity contribution in [2.24, 2.45) is 0 Å². The lowest BCUT2D eigenvalue weighted by molar-refractivity contribution is -0.116. The molecule has 162 valence electrons. The molecule has 1 aromatic heterocycles. The summed E-state index contributed by atoms with van der Waals surface area (Å²) in [6.45, 7) is 4.18. The molecule has 0 fully saturated rings. The summed E-state index contributed by atoms with van der Waals surface area (Å²) < 4.78 is 4.77. The van der Waals surface area contributed by atoms with E-state index in [2.05, 4.69) is 29.1 Å². The predicted molar refractivity (Wildman–Crippen MR) is 120 cm³/mol. The molecule has 31 heavy (non-hydrogen) atoms. The molecule has 0 radical (unpaired) electrons. The number of allylic oxidation sites excluding steroid dienone is 2. The maximum atomic E-state index is 13.2. The number of ketones is 1. The van der Waals surface area contributed by atoms with E-state index < -0.39 is 11.9 Å². The highest BCUT2D eigenvalue weighted by atomic mass is 32.2. The maximum absolute atomic E-state index is 13.2. The van der Waals surface area contributed by atoms with Crippen LogP contribution in [0.15, 0.2) is 45.5 Å². The first-order chi connectivity index (χ1) is 14.9. The van der Waals surface area contributed by atoms with Crippen LogP contribution in [0.3, 0.4) is 0 Å². The van der Waals surface area contributed by atoms with Crippen molar-refractivity contribution >= 4 is 29.3 Å². The third-order valence-electron chi connectivity index (χ3n) is 5.79. The zero-order valence-electron chi connectivity index (χ0n) is 17.8. The van der Waals surface area contributed by atoms with Crippen molar-refractivity contribution in [2.45, 2.75) is 55.9 Å². The molecule has 0 spiro atoms. The Kier molecular flexibility index (Phi) is 6.00. The Labute approximate surface area is 184 Å². The van der Waals surface area contributed by atoms with E-state index in [1.165, 1.54) is 18.9 Å². The van der Waals surface area contributed by atoms with Gasteiger partial charge in [0.25, 0.3) is 5.56 Å². The first-order valence-electron chi connectivity index (χ1n) is 10.4. The third kappa shape index (κ3) is 4.04.